The lowest BCUT2D eigenvalue weighted by atomic mass is 9.98. The first-order valence-corrected chi connectivity index (χ1v) is 5.85. The molecule has 1 aromatic rings. The molecule has 0 amide bonds. The third-order valence-electron chi connectivity index (χ3n) is 2.75. The van der Waals surface area contributed by atoms with E-state index >= 15 is 0 Å². The maximum Gasteiger partial charge on any atom is 0.0625 e. The Morgan fingerprint density at radius 3 is 2.67 bits per heavy atom. The van der Waals surface area contributed by atoms with Gasteiger partial charge in [0.25, 0.3) is 0 Å². The van der Waals surface area contributed by atoms with Crippen molar-refractivity contribution in [1.29, 1.82) is 0 Å². The monoisotopic (exact) mass is 209 g/mol. The van der Waals surface area contributed by atoms with Gasteiger partial charge in [-0.3, -0.25) is 4.68 Å². The van der Waals surface area contributed by atoms with E-state index in [-0.39, 0.29) is 0 Å². The average Bonchev–Trinajstić information content (AvgIpc) is 2.58. The van der Waals surface area contributed by atoms with E-state index in [1.54, 1.807) is 0 Å². The first-order chi connectivity index (χ1) is 7.13. The molecule has 1 N–H and O–H groups in total. The Morgan fingerprint density at radius 1 is 1.47 bits per heavy atom. The van der Waals surface area contributed by atoms with Gasteiger partial charge in [0.1, 0.15) is 0 Å². The third kappa shape index (κ3) is 4.04. The minimum absolute atomic E-state index is 0.608. The minimum atomic E-state index is 0.608. The molecule has 0 bridgehead atoms. The van der Waals surface area contributed by atoms with Gasteiger partial charge in [-0.15, -0.1) is 0 Å². The van der Waals surface area contributed by atoms with Crippen LogP contribution >= 0.6 is 0 Å². The summed E-state index contributed by atoms with van der Waals surface area (Å²) < 4.78 is 1.87. The number of rotatable bonds is 6. The molecular weight excluding hydrogens is 186 g/mol. The quantitative estimate of drug-likeness (QED) is 0.776. The molecule has 1 rings (SSSR count). The van der Waals surface area contributed by atoms with Gasteiger partial charge in [-0.1, -0.05) is 20.8 Å². The van der Waals surface area contributed by atoms with Crippen molar-refractivity contribution in [2.24, 2.45) is 13.0 Å². The smallest absolute Gasteiger partial charge is 0.0625 e. The second-order valence-corrected chi connectivity index (χ2v) is 4.43. The summed E-state index contributed by atoms with van der Waals surface area (Å²) in [5, 5.41) is 7.92. The summed E-state index contributed by atoms with van der Waals surface area (Å²) in [6.45, 7) is 7.75. The molecule has 0 fully saturated rings. The summed E-state index contributed by atoms with van der Waals surface area (Å²) >= 11 is 0. The summed E-state index contributed by atoms with van der Waals surface area (Å²) in [5.41, 5.74) is 1.20. The van der Waals surface area contributed by atoms with Gasteiger partial charge in [0.2, 0.25) is 0 Å². The van der Waals surface area contributed by atoms with Gasteiger partial charge in [-0.2, -0.15) is 5.10 Å². The molecule has 0 saturated carbocycles. The standard InChI is InChI=1S/C12H23N3/c1-5-13-12(10(2)3)7-6-11-8-9-15(4)14-11/h8-10,12-13H,5-7H2,1-4H3. The van der Waals surface area contributed by atoms with Crippen molar-refractivity contribution in [3.05, 3.63) is 18.0 Å². The molecule has 3 heteroatoms. The molecule has 1 heterocycles. The molecule has 3 nitrogen and oxygen atoms in total. The van der Waals surface area contributed by atoms with Crippen LogP contribution in [0.25, 0.3) is 0 Å². The molecule has 0 aliphatic carbocycles. The molecule has 1 unspecified atom stereocenters. The van der Waals surface area contributed by atoms with Crippen molar-refractivity contribution < 1.29 is 0 Å². The Labute approximate surface area is 92.9 Å². The van der Waals surface area contributed by atoms with Crippen LogP contribution in [0.1, 0.15) is 32.9 Å². The zero-order valence-electron chi connectivity index (χ0n) is 10.3. The molecule has 0 aliphatic heterocycles. The van der Waals surface area contributed by atoms with Crippen molar-refractivity contribution in [2.75, 3.05) is 6.54 Å². The third-order valence-corrected chi connectivity index (χ3v) is 2.75. The van der Waals surface area contributed by atoms with E-state index in [4.69, 9.17) is 0 Å². The predicted molar refractivity (Wildman–Crippen MR) is 63.8 cm³/mol. The van der Waals surface area contributed by atoms with Gasteiger partial charge < -0.3 is 5.32 Å². The van der Waals surface area contributed by atoms with Crippen molar-refractivity contribution in [3.8, 4) is 0 Å². The van der Waals surface area contributed by atoms with Gasteiger partial charge in [-0.05, 0) is 31.4 Å². The SMILES string of the molecule is CCNC(CCc1ccn(C)n1)C(C)C. The molecule has 1 aromatic heterocycles. The maximum atomic E-state index is 4.39. The molecule has 0 aromatic carbocycles. The minimum Gasteiger partial charge on any atom is -0.314 e. The molecule has 86 valence electrons. The van der Waals surface area contributed by atoms with Crippen molar-refractivity contribution >= 4 is 0 Å². The molecule has 0 saturated heterocycles. The first kappa shape index (κ1) is 12.2. The van der Waals surface area contributed by atoms with Crippen LogP contribution in [0.15, 0.2) is 12.3 Å². The van der Waals surface area contributed by atoms with Crippen molar-refractivity contribution in [2.45, 2.75) is 39.7 Å². The fourth-order valence-corrected chi connectivity index (χ4v) is 1.83. The average molecular weight is 209 g/mol. The van der Waals surface area contributed by atoms with Crippen LogP contribution in [-0.2, 0) is 13.5 Å². The zero-order chi connectivity index (χ0) is 11.3. The number of aromatic nitrogens is 2. The fourth-order valence-electron chi connectivity index (χ4n) is 1.83. The maximum absolute atomic E-state index is 4.39. The van der Waals surface area contributed by atoms with E-state index in [1.165, 1.54) is 12.1 Å². The highest BCUT2D eigenvalue weighted by molar-refractivity contribution is 4.99. The van der Waals surface area contributed by atoms with Crippen molar-refractivity contribution in [1.82, 2.24) is 15.1 Å². The summed E-state index contributed by atoms with van der Waals surface area (Å²) in [6.07, 6.45) is 4.24. The van der Waals surface area contributed by atoms with Crippen LogP contribution < -0.4 is 5.32 Å². The Kier molecular flexibility index (Phi) is 4.82. The van der Waals surface area contributed by atoms with Crippen LogP contribution in [0.5, 0.6) is 0 Å². The van der Waals surface area contributed by atoms with E-state index in [0.717, 1.165) is 13.0 Å². The normalized spacial score (nSPS) is 13.4. The van der Waals surface area contributed by atoms with Crippen LogP contribution in [0.2, 0.25) is 0 Å². The van der Waals surface area contributed by atoms with Gasteiger partial charge in [0.05, 0.1) is 5.69 Å². The molecule has 1 atom stereocenters. The molecule has 0 aliphatic rings. The van der Waals surface area contributed by atoms with Gasteiger partial charge in [0, 0.05) is 19.3 Å². The number of aryl methyl sites for hydroxylation is 2. The number of hydrogen-bond acceptors (Lipinski definition) is 2. The van der Waals surface area contributed by atoms with E-state index in [1.807, 2.05) is 17.9 Å². The molecular formula is C12H23N3. The molecule has 15 heavy (non-hydrogen) atoms. The molecule has 0 spiro atoms. The lowest BCUT2D eigenvalue weighted by Gasteiger charge is -2.21. The lowest BCUT2D eigenvalue weighted by molar-refractivity contribution is 0.384. The Bertz CT molecular complexity index is 278. The van der Waals surface area contributed by atoms with Crippen LogP contribution in [0.3, 0.4) is 0 Å². The van der Waals surface area contributed by atoms with E-state index in [9.17, 15) is 0 Å². The van der Waals surface area contributed by atoms with Gasteiger partial charge in [0.15, 0.2) is 0 Å². The fraction of sp³-hybridized carbons (Fsp3) is 0.750. The highest BCUT2D eigenvalue weighted by Gasteiger charge is 2.12. The zero-order valence-corrected chi connectivity index (χ0v) is 10.3. The molecule has 0 radical (unpaired) electrons. The Hall–Kier alpha value is -0.830. The Morgan fingerprint density at radius 2 is 2.20 bits per heavy atom. The van der Waals surface area contributed by atoms with E-state index < -0.39 is 0 Å². The number of hydrogen-bond donors (Lipinski definition) is 1. The predicted octanol–water partition coefficient (Wildman–Crippen LogP) is 1.99. The number of nitrogens with one attached hydrogen (secondary N) is 1. The second-order valence-electron chi connectivity index (χ2n) is 4.43. The largest absolute Gasteiger partial charge is 0.314 e. The topological polar surface area (TPSA) is 29.9 Å². The van der Waals surface area contributed by atoms with Gasteiger partial charge in [-0.25, -0.2) is 0 Å². The summed E-state index contributed by atoms with van der Waals surface area (Å²) in [4.78, 5) is 0. The Balaban J connectivity index is 2.39. The summed E-state index contributed by atoms with van der Waals surface area (Å²) in [7, 11) is 1.97. The highest BCUT2D eigenvalue weighted by atomic mass is 15.2. The van der Waals surface area contributed by atoms with E-state index in [2.05, 4.69) is 37.3 Å². The summed E-state index contributed by atoms with van der Waals surface area (Å²) in [6, 6.07) is 2.71. The van der Waals surface area contributed by atoms with Crippen LogP contribution in [0, 0.1) is 5.92 Å². The van der Waals surface area contributed by atoms with Crippen LogP contribution in [-0.4, -0.2) is 22.4 Å². The first-order valence-electron chi connectivity index (χ1n) is 5.85. The second kappa shape index (κ2) is 5.91. The highest BCUT2D eigenvalue weighted by Crippen LogP contribution is 2.09. The summed E-state index contributed by atoms with van der Waals surface area (Å²) in [5.74, 6) is 0.689. The van der Waals surface area contributed by atoms with Crippen molar-refractivity contribution in [3.63, 3.8) is 0 Å². The number of nitrogens with zero attached hydrogens (tertiary/aromatic N) is 2. The van der Waals surface area contributed by atoms with E-state index in [0.29, 0.717) is 12.0 Å². The van der Waals surface area contributed by atoms with Gasteiger partial charge >= 0.3 is 0 Å². The lowest BCUT2D eigenvalue weighted by Crippen LogP contribution is -2.34. The van der Waals surface area contributed by atoms with Crippen LogP contribution in [0.4, 0.5) is 0 Å².